The van der Waals surface area contributed by atoms with Gasteiger partial charge in [-0.05, 0) is 66.9 Å². The Hall–Kier alpha value is -5.09. The Morgan fingerprint density at radius 2 is 1.43 bits per heavy atom. The summed E-state index contributed by atoms with van der Waals surface area (Å²) in [4.78, 5) is 14.7. The van der Waals surface area contributed by atoms with Crippen LogP contribution in [0.3, 0.4) is 0 Å². The van der Waals surface area contributed by atoms with Crippen LogP contribution in [0.15, 0.2) is 131 Å². The largest absolute Gasteiger partial charge is 0.296 e. The molecular formula is C38H32N4. The highest BCUT2D eigenvalue weighted by atomic mass is 15.1. The highest BCUT2D eigenvalue weighted by Crippen LogP contribution is 2.32. The lowest BCUT2D eigenvalue weighted by Crippen LogP contribution is -2.07. The molecule has 4 heteroatoms. The van der Waals surface area contributed by atoms with E-state index in [-0.39, 0.29) is 0 Å². The molecule has 0 spiro atoms. The van der Waals surface area contributed by atoms with Crippen LogP contribution in [0.2, 0.25) is 0 Å². The zero-order chi connectivity index (χ0) is 28.3. The first kappa shape index (κ1) is 25.8. The molecule has 0 radical (unpaired) electrons. The van der Waals surface area contributed by atoms with Crippen molar-refractivity contribution in [1.82, 2.24) is 9.55 Å². The number of fused-ring (bicyclic) bond motifs is 2. The second-order valence-corrected chi connectivity index (χ2v) is 10.8. The van der Waals surface area contributed by atoms with Gasteiger partial charge in [0.25, 0.3) is 0 Å². The Bertz CT molecular complexity index is 1910. The molecule has 0 saturated heterocycles. The SMILES string of the molecule is C=Nc1ccccc1/C(=N\Cc1ccc(-c2nc3c(n2-c2ccccc2)CCCC3)cc1)c1cccc2ccccc12. The van der Waals surface area contributed by atoms with Gasteiger partial charge >= 0.3 is 0 Å². The van der Waals surface area contributed by atoms with Crippen LogP contribution >= 0.6 is 0 Å². The third-order valence-corrected chi connectivity index (χ3v) is 8.15. The van der Waals surface area contributed by atoms with E-state index >= 15 is 0 Å². The molecule has 0 unspecified atom stereocenters. The summed E-state index contributed by atoms with van der Waals surface area (Å²) in [6.07, 6.45) is 4.54. The van der Waals surface area contributed by atoms with E-state index in [9.17, 15) is 0 Å². The first-order chi connectivity index (χ1) is 20.8. The molecule has 1 heterocycles. The highest BCUT2D eigenvalue weighted by molar-refractivity contribution is 6.21. The molecule has 5 aromatic carbocycles. The summed E-state index contributed by atoms with van der Waals surface area (Å²) in [5.74, 6) is 1.02. The average molecular weight is 545 g/mol. The third kappa shape index (κ3) is 4.86. The molecule has 4 nitrogen and oxygen atoms in total. The first-order valence-electron chi connectivity index (χ1n) is 14.6. The van der Waals surface area contributed by atoms with Gasteiger partial charge in [-0.1, -0.05) is 103 Å². The Morgan fingerprint density at radius 3 is 2.29 bits per heavy atom. The van der Waals surface area contributed by atoms with Gasteiger partial charge in [0.05, 0.1) is 23.6 Å². The summed E-state index contributed by atoms with van der Waals surface area (Å²) < 4.78 is 2.36. The van der Waals surface area contributed by atoms with E-state index in [4.69, 9.17) is 9.98 Å². The number of aryl methyl sites for hydroxylation is 1. The smallest absolute Gasteiger partial charge is 0.145 e. The van der Waals surface area contributed by atoms with E-state index in [1.165, 1.54) is 40.7 Å². The molecule has 42 heavy (non-hydrogen) atoms. The number of hydrogen-bond donors (Lipinski definition) is 0. The number of aromatic nitrogens is 2. The van der Waals surface area contributed by atoms with Crippen LogP contribution in [0.25, 0.3) is 27.8 Å². The summed E-state index contributed by atoms with van der Waals surface area (Å²) in [6.45, 7) is 4.38. The number of nitrogens with zero attached hydrogens (tertiary/aromatic N) is 4. The minimum Gasteiger partial charge on any atom is -0.296 e. The molecule has 1 aromatic heterocycles. The topological polar surface area (TPSA) is 42.5 Å². The second-order valence-electron chi connectivity index (χ2n) is 10.8. The number of rotatable bonds is 7. The van der Waals surface area contributed by atoms with Gasteiger partial charge in [-0.15, -0.1) is 0 Å². The van der Waals surface area contributed by atoms with Crippen LogP contribution in [0.4, 0.5) is 5.69 Å². The molecule has 0 atom stereocenters. The summed E-state index contributed by atoms with van der Waals surface area (Å²) in [5, 5.41) is 2.36. The minimum absolute atomic E-state index is 0.550. The maximum Gasteiger partial charge on any atom is 0.145 e. The van der Waals surface area contributed by atoms with Gasteiger partial charge in [0.1, 0.15) is 5.82 Å². The monoisotopic (exact) mass is 544 g/mol. The Kier molecular flexibility index (Phi) is 7.03. The maximum atomic E-state index is 5.22. The number of aliphatic imine (C=N–C) groups is 2. The second kappa shape index (κ2) is 11.4. The average Bonchev–Trinajstić information content (AvgIpc) is 3.45. The molecule has 0 aliphatic heterocycles. The van der Waals surface area contributed by atoms with Crippen LogP contribution in [0.1, 0.15) is 40.9 Å². The lowest BCUT2D eigenvalue weighted by Gasteiger charge is -2.15. The maximum absolute atomic E-state index is 5.22. The van der Waals surface area contributed by atoms with E-state index in [0.717, 1.165) is 52.3 Å². The van der Waals surface area contributed by atoms with E-state index in [1.54, 1.807) is 0 Å². The predicted molar refractivity (Wildman–Crippen MR) is 175 cm³/mol. The van der Waals surface area contributed by atoms with Crippen molar-refractivity contribution in [3.05, 3.63) is 149 Å². The number of hydrogen-bond acceptors (Lipinski definition) is 3. The highest BCUT2D eigenvalue weighted by Gasteiger charge is 2.22. The van der Waals surface area contributed by atoms with Crippen molar-refractivity contribution in [2.75, 3.05) is 0 Å². The van der Waals surface area contributed by atoms with E-state index in [1.807, 2.05) is 18.2 Å². The van der Waals surface area contributed by atoms with Crippen LogP contribution < -0.4 is 0 Å². The molecule has 7 rings (SSSR count). The van der Waals surface area contributed by atoms with Crippen molar-refractivity contribution >= 4 is 28.9 Å². The molecule has 1 aliphatic rings. The summed E-state index contributed by atoms with van der Waals surface area (Å²) in [7, 11) is 0. The van der Waals surface area contributed by atoms with Crippen molar-refractivity contribution in [3.63, 3.8) is 0 Å². The van der Waals surface area contributed by atoms with E-state index in [0.29, 0.717) is 6.54 Å². The number of para-hydroxylation sites is 2. The van der Waals surface area contributed by atoms with Crippen LogP contribution in [0, 0.1) is 0 Å². The molecule has 0 bridgehead atoms. The fourth-order valence-corrected chi connectivity index (χ4v) is 6.08. The van der Waals surface area contributed by atoms with Gasteiger partial charge in [-0.3, -0.25) is 14.6 Å². The predicted octanol–water partition coefficient (Wildman–Crippen LogP) is 8.94. The molecular weight excluding hydrogens is 512 g/mol. The molecule has 0 N–H and O–H groups in total. The quantitative estimate of drug-likeness (QED) is 0.185. The minimum atomic E-state index is 0.550. The van der Waals surface area contributed by atoms with Crippen molar-refractivity contribution < 1.29 is 0 Å². The standard InChI is InChI=1S/C38H32N4/c1-39-34-19-8-7-17-33(34)37(32-18-11-13-28-12-5-6-16-31(28)32)40-26-27-22-24-29(25-23-27)38-41-35-20-9-10-21-36(35)42(38)30-14-3-2-4-15-30/h2-8,11-19,22-25H,1,9-10,20-21,26H2/b40-37-. The molecule has 204 valence electrons. The molecule has 6 aromatic rings. The Morgan fingerprint density at radius 1 is 0.714 bits per heavy atom. The van der Waals surface area contributed by atoms with E-state index < -0.39 is 0 Å². The van der Waals surface area contributed by atoms with Crippen molar-refractivity contribution in [2.45, 2.75) is 32.2 Å². The normalized spacial score (nSPS) is 13.2. The fourth-order valence-electron chi connectivity index (χ4n) is 6.08. The van der Waals surface area contributed by atoms with Crippen LogP contribution in [-0.2, 0) is 19.4 Å². The van der Waals surface area contributed by atoms with E-state index in [2.05, 4.69) is 119 Å². The number of benzene rings is 5. The molecule has 0 amide bonds. The van der Waals surface area contributed by atoms with Gasteiger partial charge < -0.3 is 0 Å². The summed E-state index contributed by atoms with van der Waals surface area (Å²) in [6, 6.07) is 42.3. The Labute approximate surface area is 246 Å². The van der Waals surface area contributed by atoms with Gasteiger partial charge in [-0.25, -0.2) is 4.98 Å². The zero-order valence-corrected chi connectivity index (χ0v) is 23.6. The third-order valence-electron chi connectivity index (χ3n) is 8.15. The molecule has 0 fully saturated rings. The Balaban J connectivity index is 1.27. The van der Waals surface area contributed by atoms with Crippen LogP contribution in [-0.4, -0.2) is 22.0 Å². The number of imidazole rings is 1. The van der Waals surface area contributed by atoms with Gasteiger partial charge in [0.2, 0.25) is 0 Å². The summed E-state index contributed by atoms with van der Waals surface area (Å²) >= 11 is 0. The molecule has 1 aliphatic carbocycles. The first-order valence-corrected chi connectivity index (χ1v) is 14.6. The lowest BCUT2D eigenvalue weighted by molar-refractivity contribution is 0.656. The van der Waals surface area contributed by atoms with Gasteiger partial charge in [-0.2, -0.15) is 0 Å². The van der Waals surface area contributed by atoms with Crippen molar-refractivity contribution in [1.29, 1.82) is 0 Å². The van der Waals surface area contributed by atoms with Crippen LogP contribution in [0.5, 0.6) is 0 Å². The van der Waals surface area contributed by atoms with Gasteiger partial charge in [0.15, 0.2) is 0 Å². The fraction of sp³-hybridized carbons (Fsp3) is 0.132. The lowest BCUT2D eigenvalue weighted by atomic mass is 9.95. The molecule has 0 saturated carbocycles. The van der Waals surface area contributed by atoms with Crippen molar-refractivity contribution in [2.24, 2.45) is 9.98 Å². The van der Waals surface area contributed by atoms with Crippen molar-refractivity contribution in [3.8, 4) is 17.1 Å². The summed E-state index contributed by atoms with van der Waals surface area (Å²) in [5.41, 5.74) is 9.86. The zero-order valence-electron chi connectivity index (χ0n) is 23.6. The van der Waals surface area contributed by atoms with Gasteiger partial charge in [0, 0.05) is 28.1 Å².